The van der Waals surface area contributed by atoms with Crippen LogP contribution >= 0.6 is 11.8 Å². The van der Waals surface area contributed by atoms with E-state index in [9.17, 15) is 5.21 Å². The van der Waals surface area contributed by atoms with E-state index in [-0.39, 0.29) is 0 Å². The highest BCUT2D eigenvalue weighted by Gasteiger charge is 2.31. The van der Waals surface area contributed by atoms with Gasteiger partial charge in [-0.25, -0.2) is 0 Å². The normalized spacial score (nSPS) is 22.5. The number of aromatic nitrogens is 1. The van der Waals surface area contributed by atoms with Crippen LogP contribution in [0.5, 0.6) is 0 Å². The fraction of sp³-hybridized carbons (Fsp3) is 0.714. The molecule has 4 nitrogen and oxygen atoms in total. The van der Waals surface area contributed by atoms with E-state index in [4.69, 9.17) is 4.52 Å². The molecule has 0 aromatic carbocycles. The zero-order chi connectivity index (χ0) is 13.8. The first-order valence-corrected chi connectivity index (χ1v) is 8.04. The Morgan fingerprint density at radius 3 is 2.89 bits per heavy atom. The van der Waals surface area contributed by atoms with E-state index in [0.29, 0.717) is 11.2 Å². The molecule has 0 spiro atoms. The molecule has 0 saturated heterocycles. The third kappa shape index (κ3) is 3.14. The number of rotatable bonds is 5. The summed E-state index contributed by atoms with van der Waals surface area (Å²) in [7, 11) is 0. The average Bonchev–Trinajstić information content (AvgIpc) is 2.81. The summed E-state index contributed by atoms with van der Waals surface area (Å²) >= 11 is 1.98. The molecule has 0 fully saturated rings. The monoisotopic (exact) mass is 282 g/mol. The minimum absolute atomic E-state index is 0.491. The molecular weight excluding hydrogens is 260 g/mol. The molecule has 1 aliphatic rings. The van der Waals surface area contributed by atoms with Crippen molar-refractivity contribution in [2.45, 2.75) is 51.7 Å². The van der Waals surface area contributed by atoms with Gasteiger partial charge in [0.05, 0.1) is 17.0 Å². The fourth-order valence-electron chi connectivity index (χ4n) is 2.86. The molecule has 5 heteroatoms. The summed E-state index contributed by atoms with van der Waals surface area (Å²) in [6.07, 6.45) is 3.67. The maximum absolute atomic E-state index is 9.24. The molecule has 2 rings (SSSR count). The second-order valence-corrected chi connectivity index (χ2v) is 6.82. The number of hydrogen-bond acceptors (Lipinski definition) is 5. The summed E-state index contributed by atoms with van der Waals surface area (Å²) in [5, 5.41) is 17.4. The van der Waals surface area contributed by atoms with Crippen molar-refractivity contribution in [2.24, 2.45) is 11.1 Å². The first-order chi connectivity index (χ1) is 9.19. The van der Waals surface area contributed by atoms with Gasteiger partial charge in [0, 0.05) is 11.7 Å². The number of aryl methyl sites for hydroxylation is 1. The van der Waals surface area contributed by atoms with Crippen LogP contribution in [-0.2, 0) is 12.8 Å². The molecule has 2 unspecified atom stereocenters. The van der Waals surface area contributed by atoms with Crippen molar-refractivity contribution in [3.8, 4) is 0 Å². The molecule has 0 radical (unpaired) electrons. The van der Waals surface area contributed by atoms with Crippen molar-refractivity contribution < 1.29 is 9.73 Å². The average molecular weight is 282 g/mol. The molecule has 19 heavy (non-hydrogen) atoms. The minimum Gasteiger partial charge on any atom is -0.411 e. The number of oxime groups is 1. The Morgan fingerprint density at radius 1 is 1.47 bits per heavy atom. The lowest BCUT2D eigenvalue weighted by atomic mass is 9.83. The minimum atomic E-state index is 0.491. The van der Waals surface area contributed by atoms with Gasteiger partial charge in [0.1, 0.15) is 5.76 Å². The number of fused-ring (bicyclic) bond motifs is 1. The Balaban J connectivity index is 2.14. The Morgan fingerprint density at radius 2 is 2.26 bits per heavy atom. The van der Waals surface area contributed by atoms with Crippen molar-refractivity contribution in [3.05, 3.63) is 17.0 Å². The zero-order valence-electron chi connectivity index (χ0n) is 11.8. The van der Waals surface area contributed by atoms with E-state index in [2.05, 4.69) is 24.2 Å². The van der Waals surface area contributed by atoms with Crippen molar-refractivity contribution in [1.82, 2.24) is 5.16 Å². The highest BCUT2D eigenvalue weighted by atomic mass is 32.2. The van der Waals surface area contributed by atoms with E-state index >= 15 is 0 Å². The van der Waals surface area contributed by atoms with Crippen molar-refractivity contribution >= 4 is 17.5 Å². The van der Waals surface area contributed by atoms with Crippen LogP contribution in [0.3, 0.4) is 0 Å². The summed E-state index contributed by atoms with van der Waals surface area (Å²) in [6, 6.07) is 0. The molecule has 1 heterocycles. The lowest BCUT2D eigenvalue weighted by molar-refractivity contribution is 0.310. The summed E-state index contributed by atoms with van der Waals surface area (Å²) in [5.41, 5.74) is 2.62. The van der Waals surface area contributed by atoms with Crippen LogP contribution in [0.1, 0.15) is 50.6 Å². The Hall–Kier alpha value is -0.970. The lowest BCUT2D eigenvalue weighted by Crippen LogP contribution is -2.23. The van der Waals surface area contributed by atoms with Crippen molar-refractivity contribution in [2.75, 3.05) is 5.75 Å². The van der Waals surface area contributed by atoms with Gasteiger partial charge in [0.2, 0.25) is 0 Å². The van der Waals surface area contributed by atoms with Crippen LogP contribution in [-0.4, -0.2) is 27.1 Å². The molecule has 1 aromatic rings. The zero-order valence-corrected chi connectivity index (χ0v) is 12.7. The van der Waals surface area contributed by atoms with Crippen LogP contribution in [0.2, 0.25) is 0 Å². The van der Waals surface area contributed by atoms with E-state index in [1.54, 1.807) is 0 Å². The van der Waals surface area contributed by atoms with Gasteiger partial charge in [0.25, 0.3) is 0 Å². The summed E-state index contributed by atoms with van der Waals surface area (Å²) in [6.45, 7) is 6.49. The smallest absolute Gasteiger partial charge is 0.146 e. The van der Waals surface area contributed by atoms with E-state index in [1.165, 1.54) is 0 Å². The van der Waals surface area contributed by atoms with Gasteiger partial charge < -0.3 is 9.73 Å². The first kappa shape index (κ1) is 14.4. The van der Waals surface area contributed by atoms with Crippen LogP contribution in [0.25, 0.3) is 0 Å². The van der Waals surface area contributed by atoms with Gasteiger partial charge in [-0.1, -0.05) is 31.1 Å². The van der Waals surface area contributed by atoms with Gasteiger partial charge in [-0.15, -0.1) is 0 Å². The maximum Gasteiger partial charge on any atom is 0.146 e. The summed E-state index contributed by atoms with van der Waals surface area (Å²) < 4.78 is 5.43. The van der Waals surface area contributed by atoms with E-state index < -0.39 is 0 Å². The van der Waals surface area contributed by atoms with Crippen LogP contribution < -0.4 is 0 Å². The highest BCUT2D eigenvalue weighted by molar-refractivity contribution is 7.99. The first-order valence-electron chi connectivity index (χ1n) is 6.99. The van der Waals surface area contributed by atoms with E-state index in [0.717, 1.165) is 54.2 Å². The molecule has 106 valence electrons. The van der Waals surface area contributed by atoms with Gasteiger partial charge in [-0.2, -0.15) is 11.8 Å². The fourth-order valence-corrected chi connectivity index (χ4v) is 3.84. The molecule has 0 saturated carbocycles. The van der Waals surface area contributed by atoms with Gasteiger partial charge >= 0.3 is 0 Å². The SMILES string of the molecule is CCSC(C)CC1C/C(=N\O)c2c(CC)noc2C1. The molecule has 1 aliphatic carbocycles. The molecule has 0 aliphatic heterocycles. The van der Waals surface area contributed by atoms with Crippen LogP contribution in [0, 0.1) is 5.92 Å². The standard InChI is InChI=1S/C14H22N2O2S/c1-4-11-14-12(15-17)7-10(6-9(3)19-5-2)8-13(14)18-16-11/h9-10,17H,4-8H2,1-3H3/b15-12+. The highest BCUT2D eigenvalue weighted by Crippen LogP contribution is 2.33. The lowest BCUT2D eigenvalue weighted by Gasteiger charge is -2.24. The second-order valence-electron chi connectivity index (χ2n) is 5.10. The van der Waals surface area contributed by atoms with Gasteiger partial charge in [0.15, 0.2) is 0 Å². The number of hydrogen-bond donors (Lipinski definition) is 1. The molecule has 0 amide bonds. The predicted molar refractivity (Wildman–Crippen MR) is 78.2 cm³/mol. The van der Waals surface area contributed by atoms with Crippen molar-refractivity contribution in [1.29, 1.82) is 0 Å². The molecule has 2 atom stereocenters. The van der Waals surface area contributed by atoms with Crippen LogP contribution in [0.4, 0.5) is 0 Å². The number of nitrogens with zero attached hydrogens (tertiary/aromatic N) is 2. The van der Waals surface area contributed by atoms with Gasteiger partial charge in [-0.3, -0.25) is 0 Å². The van der Waals surface area contributed by atoms with Crippen molar-refractivity contribution in [3.63, 3.8) is 0 Å². The second kappa shape index (κ2) is 6.46. The quantitative estimate of drug-likeness (QED) is 0.663. The van der Waals surface area contributed by atoms with Crippen LogP contribution in [0.15, 0.2) is 9.68 Å². The Kier molecular flexibility index (Phi) is 4.91. The third-order valence-corrected chi connectivity index (χ3v) is 4.74. The summed E-state index contributed by atoms with van der Waals surface area (Å²) in [4.78, 5) is 0. The Bertz CT molecular complexity index is 456. The molecular formula is C14H22N2O2S. The predicted octanol–water partition coefficient (Wildman–Crippen LogP) is 3.51. The molecule has 0 bridgehead atoms. The largest absolute Gasteiger partial charge is 0.411 e. The maximum atomic E-state index is 9.24. The summed E-state index contributed by atoms with van der Waals surface area (Å²) in [5.74, 6) is 2.53. The third-order valence-electron chi connectivity index (χ3n) is 3.65. The molecule has 1 N–H and O–H groups in total. The number of thioether (sulfide) groups is 1. The van der Waals surface area contributed by atoms with E-state index in [1.807, 2.05) is 18.7 Å². The topological polar surface area (TPSA) is 58.6 Å². The molecule has 1 aromatic heterocycles. The van der Waals surface area contributed by atoms with Gasteiger partial charge in [-0.05, 0) is 30.9 Å². The Labute approximate surface area is 118 Å².